The minimum atomic E-state index is -0.260. The van der Waals surface area contributed by atoms with Crippen molar-refractivity contribution in [2.75, 3.05) is 19.6 Å². The van der Waals surface area contributed by atoms with E-state index in [1.54, 1.807) is 4.90 Å². The summed E-state index contributed by atoms with van der Waals surface area (Å²) in [7, 11) is 0. The third kappa shape index (κ3) is 4.01. The third-order valence-corrected chi connectivity index (χ3v) is 4.42. The number of fused-ring (bicyclic) bond motifs is 1. The quantitative estimate of drug-likeness (QED) is 0.556. The summed E-state index contributed by atoms with van der Waals surface area (Å²) >= 11 is 0. The van der Waals surface area contributed by atoms with Crippen LogP contribution in [0.15, 0.2) is 12.2 Å². The molecule has 1 fully saturated rings. The van der Waals surface area contributed by atoms with Crippen LogP contribution >= 0.6 is 0 Å². The van der Waals surface area contributed by atoms with Gasteiger partial charge in [-0.15, -0.1) is 0 Å². The van der Waals surface area contributed by atoms with E-state index >= 15 is 0 Å². The van der Waals surface area contributed by atoms with Gasteiger partial charge in [0.15, 0.2) is 0 Å². The maximum Gasteiger partial charge on any atom is 0.242 e. The molecule has 0 aromatic heterocycles. The smallest absolute Gasteiger partial charge is 0.242 e. The van der Waals surface area contributed by atoms with Crippen molar-refractivity contribution in [2.45, 2.75) is 40.5 Å². The fourth-order valence-electron chi connectivity index (χ4n) is 3.42. The Balaban J connectivity index is 2.06. The average Bonchev–Trinajstić information content (AvgIpc) is 2.71. The van der Waals surface area contributed by atoms with E-state index in [0.29, 0.717) is 37.8 Å². The number of imide groups is 1. The lowest BCUT2D eigenvalue weighted by Crippen LogP contribution is -2.45. The standard InChI is InChI=1S/C18H28N2O3/c1-12(2)9-19(10-13(3)4)16(21)11-20-17(22)14-7-5-6-8-15(14)18(20)23/h5-6,12-15H,7-11H2,1-4H3. The summed E-state index contributed by atoms with van der Waals surface area (Å²) in [5.41, 5.74) is 0. The highest BCUT2D eigenvalue weighted by Gasteiger charge is 2.47. The Kier molecular flexibility index (Phi) is 5.60. The van der Waals surface area contributed by atoms with Gasteiger partial charge in [0.25, 0.3) is 0 Å². The molecule has 23 heavy (non-hydrogen) atoms. The maximum absolute atomic E-state index is 12.6. The number of allylic oxidation sites excluding steroid dienone is 2. The Hall–Kier alpha value is -1.65. The van der Waals surface area contributed by atoms with E-state index in [1.807, 2.05) is 12.2 Å². The van der Waals surface area contributed by atoms with E-state index in [2.05, 4.69) is 27.7 Å². The van der Waals surface area contributed by atoms with Crippen LogP contribution in [0.3, 0.4) is 0 Å². The Labute approximate surface area is 138 Å². The SMILES string of the molecule is CC(C)CN(CC(C)C)C(=O)CN1C(=O)C2CC=CCC2C1=O. The van der Waals surface area contributed by atoms with Gasteiger partial charge in [-0.3, -0.25) is 19.3 Å². The third-order valence-electron chi connectivity index (χ3n) is 4.42. The number of rotatable bonds is 6. The van der Waals surface area contributed by atoms with E-state index < -0.39 is 0 Å². The van der Waals surface area contributed by atoms with Crippen molar-refractivity contribution in [3.63, 3.8) is 0 Å². The maximum atomic E-state index is 12.6. The van der Waals surface area contributed by atoms with Crippen LogP contribution in [-0.4, -0.2) is 47.2 Å². The van der Waals surface area contributed by atoms with Gasteiger partial charge in [0.05, 0.1) is 11.8 Å². The highest BCUT2D eigenvalue weighted by molar-refractivity contribution is 6.07. The van der Waals surface area contributed by atoms with Gasteiger partial charge in [-0.1, -0.05) is 39.8 Å². The zero-order chi connectivity index (χ0) is 17.1. The summed E-state index contributed by atoms with van der Waals surface area (Å²) < 4.78 is 0. The normalized spacial score (nSPS) is 23.8. The summed E-state index contributed by atoms with van der Waals surface area (Å²) in [5.74, 6) is -0.281. The molecule has 0 bridgehead atoms. The molecule has 2 aliphatic rings. The van der Waals surface area contributed by atoms with Gasteiger partial charge < -0.3 is 4.90 Å². The second-order valence-electron chi connectivity index (χ2n) is 7.50. The Morgan fingerprint density at radius 1 is 1.04 bits per heavy atom. The summed E-state index contributed by atoms with van der Waals surface area (Å²) in [6, 6.07) is 0. The molecule has 2 rings (SSSR count). The molecular weight excluding hydrogens is 292 g/mol. The van der Waals surface area contributed by atoms with E-state index in [1.165, 1.54) is 4.90 Å². The van der Waals surface area contributed by atoms with Crippen LogP contribution in [0.4, 0.5) is 0 Å². The lowest BCUT2D eigenvalue weighted by Gasteiger charge is -2.28. The van der Waals surface area contributed by atoms with Gasteiger partial charge in [0, 0.05) is 13.1 Å². The molecule has 1 aliphatic carbocycles. The molecule has 3 amide bonds. The van der Waals surface area contributed by atoms with Crippen LogP contribution in [-0.2, 0) is 14.4 Å². The van der Waals surface area contributed by atoms with E-state index in [4.69, 9.17) is 0 Å². The molecule has 0 aromatic carbocycles. The van der Waals surface area contributed by atoms with E-state index in [-0.39, 0.29) is 36.1 Å². The highest BCUT2D eigenvalue weighted by Crippen LogP contribution is 2.34. The lowest BCUT2D eigenvalue weighted by molar-refractivity contribution is -0.147. The molecule has 2 atom stereocenters. The van der Waals surface area contributed by atoms with Crippen molar-refractivity contribution in [3.8, 4) is 0 Å². The Morgan fingerprint density at radius 3 is 1.87 bits per heavy atom. The fraction of sp³-hybridized carbons (Fsp3) is 0.722. The molecule has 0 aromatic rings. The monoisotopic (exact) mass is 320 g/mol. The van der Waals surface area contributed by atoms with Crippen molar-refractivity contribution >= 4 is 17.7 Å². The summed E-state index contributed by atoms with van der Waals surface area (Å²) in [4.78, 5) is 40.5. The fourth-order valence-corrected chi connectivity index (χ4v) is 3.42. The van der Waals surface area contributed by atoms with Crippen LogP contribution in [0.5, 0.6) is 0 Å². The van der Waals surface area contributed by atoms with Gasteiger partial charge in [-0.25, -0.2) is 0 Å². The number of nitrogens with zero attached hydrogens (tertiary/aromatic N) is 2. The predicted octanol–water partition coefficient (Wildman–Crippen LogP) is 2.08. The number of carbonyl (C=O) groups is 3. The molecule has 2 unspecified atom stereocenters. The lowest BCUT2D eigenvalue weighted by atomic mass is 9.85. The summed E-state index contributed by atoms with van der Waals surface area (Å²) in [6.07, 6.45) is 5.15. The second-order valence-corrected chi connectivity index (χ2v) is 7.50. The van der Waals surface area contributed by atoms with Crippen LogP contribution in [0.25, 0.3) is 0 Å². The van der Waals surface area contributed by atoms with Gasteiger partial charge in [-0.05, 0) is 24.7 Å². The van der Waals surface area contributed by atoms with Gasteiger partial charge in [0.1, 0.15) is 6.54 Å². The van der Waals surface area contributed by atoms with Crippen LogP contribution < -0.4 is 0 Å². The topological polar surface area (TPSA) is 57.7 Å². The van der Waals surface area contributed by atoms with Crippen LogP contribution in [0.2, 0.25) is 0 Å². The number of hydrogen-bond donors (Lipinski definition) is 0. The van der Waals surface area contributed by atoms with Crippen molar-refractivity contribution in [3.05, 3.63) is 12.2 Å². The first-order valence-corrected chi connectivity index (χ1v) is 8.59. The van der Waals surface area contributed by atoms with Gasteiger partial charge >= 0.3 is 0 Å². The highest BCUT2D eigenvalue weighted by atomic mass is 16.2. The first-order valence-electron chi connectivity index (χ1n) is 8.59. The zero-order valence-electron chi connectivity index (χ0n) is 14.6. The van der Waals surface area contributed by atoms with Gasteiger partial charge in [0.2, 0.25) is 17.7 Å². The summed E-state index contributed by atoms with van der Waals surface area (Å²) in [6.45, 7) is 9.45. The first kappa shape index (κ1) is 17.7. The Morgan fingerprint density at radius 2 is 1.48 bits per heavy atom. The van der Waals surface area contributed by atoms with Crippen molar-refractivity contribution in [1.82, 2.24) is 9.80 Å². The molecule has 1 saturated heterocycles. The van der Waals surface area contributed by atoms with Crippen molar-refractivity contribution < 1.29 is 14.4 Å². The molecule has 0 saturated carbocycles. The Bertz CT molecular complexity index is 474. The zero-order valence-corrected chi connectivity index (χ0v) is 14.6. The molecule has 1 heterocycles. The molecule has 5 nitrogen and oxygen atoms in total. The molecule has 0 N–H and O–H groups in total. The van der Waals surface area contributed by atoms with Crippen LogP contribution in [0, 0.1) is 23.7 Å². The molecule has 0 radical (unpaired) electrons. The summed E-state index contributed by atoms with van der Waals surface area (Å²) in [5, 5.41) is 0. The first-order chi connectivity index (χ1) is 10.8. The van der Waals surface area contributed by atoms with E-state index in [9.17, 15) is 14.4 Å². The number of carbonyl (C=O) groups excluding carboxylic acids is 3. The van der Waals surface area contributed by atoms with Crippen molar-refractivity contribution in [2.24, 2.45) is 23.7 Å². The molecule has 5 heteroatoms. The predicted molar refractivity (Wildman–Crippen MR) is 88.3 cm³/mol. The average molecular weight is 320 g/mol. The van der Waals surface area contributed by atoms with Gasteiger partial charge in [-0.2, -0.15) is 0 Å². The minimum Gasteiger partial charge on any atom is -0.341 e. The number of likely N-dealkylation sites (tertiary alicyclic amines) is 1. The largest absolute Gasteiger partial charge is 0.341 e. The molecular formula is C18H28N2O3. The van der Waals surface area contributed by atoms with Crippen LogP contribution in [0.1, 0.15) is 40.5 Å². The van der Waals surface area contributed by atoms with E-state index in [0.717, 1.165) is 0 Å². The molecule has 1 aliphatic heterocycles. The molecule has 128 valence electrons. The number of amides is 3. The second kappa shape index (κ2) is 7.28. The minimum absolute atomic E-state index is 0.107. The molecule has 0 spiro atoms. The van der Waals surface area contributed by atoms with Crippen molar-refractivity contribution in [1.29, 1.82) is 0 Å². The number of hydrogen-bond acceptors (Lipinski definition) is 3.